The number of furan rings is 1. The van der Waals surface area contributed by atoms with Crippen molar-refractivity contribution in [1.29, 1.82) is 0 Å². The molecular weight excluding hydrogens is 398 g/mol. The van der Waals surface area contributed by atoms with E-state index in [0.717, 1.165) is 48.6 Å². The van der Waals surface area contributed by atoms with Gasteiger partial charge in [-0.25, -0.2) is 0 Å². The SMILES string of the molecule is C[C@@H](Sc1nnc(N2CCCC2)n1Cc1ccco1)C(=O)N1CCc2ccccc21. The Morgan fingerprint density at radius 1 is 1.13 bits per heavy atom. The zero-order chi connectivity index (χ0) is 20.5. The smallest absolute Gasteiger partial charge is 0.240 e. The first-order valence-electron chi connectivity index (χ1n) is 10.5. The van der Waals surface area contributed by atoms with Crippen molar-refractivity contribution >= 4 is 29.3 Å². The van der Waals surface area contributed by atoms with E-state index in [9.17, 15) is 4.79 Å². The number of fused-ring (bicyclic) bond motifs is 1. The number of thioether (sulfide) groups is 1. The second-order valence-corrected chi connectivity index (χ2v) is 9.08. The molecule has 0 bridgehead atoms. The van der Waals surface area contributed by atoms with E-state index in [4.69, 9.17) is 4.42 Å². The molecule has 0 aliphatic carbocycles. The van der Waals surface area contributed by atoms with E-state index in [2.05, 4.69) is 25.7 Å². The topological polar surface area (TPSA) is 67.4 Å². The lowest BCUT2D eigenvalue weighted by atomic mass is 10.2. The Morgan fingerprint density at radius 2 is 1.97 bits per heavy atom. The third kappa shape index (κ3) is 3.60. The van der Waals surface area contributed by atoms with Gasteiger partial charge in [-0.2, -0.15) is 0 Å². The van der Waals surface area contributed by atoms with Crippen LogP contribution in [0, 0.1) is 0 Å². The van der Waals surface area contributed by atoms with Gasteiger partial charge >= 0.3 is 0 Å². The van der Waals surface area contributed by atoms with Gasteiger partial charge in [0.15, 0.2) is 5.16 Å². The summed E-state index contributed by atoms with van der Waals surface area (Å²) in [6.45, 7) is 5.22. The van der Waals surface area contributed by atoms with Crippen molar-refractivity contribution in [1.82, 2.24) is 14.8 Å². The van der Waals surface area contributed by atoms with Gasteiger partial charge in [-0.3, -0.25) is 9.36 Å². The molecule has 0 saturated carbocycles. The number of hydrogen-bond donors (Lipinski definition) is 0. The highest BCUT2D eigenvalue weighted by atomic mass is 32.2. The van der Waals surface area contributed by atoms with Gasteiger partial charge in [0.05, 0.1) is 18.1 Å². The maximum Gasteiger partial charge on any atom is 0.240 e. The fourth-order valence-electron chi connectivity index (χ4n) is 4.21. The van der Waals surface area contributed by atoms with Crippen LogP contribution in [0.3, 0.4) is 0 Å². The molecule has 8 heteroatoms. The summed E-state index contributed by atoms with van der Waals surface area (Å²) in [6, 6.07) is 12.0. The Hall–Kier alpha value is -2.74. The first kappa shape index (κ1) is 19.2. The number of aromatic nitrogens is 3. The molecule has 2 aromatic heterocycles. The number of carbonyl (C=O) groups is 1. The maximum atomic E-state index is 13.2. The minimum Gasteiger partial charge on any atom is -0.467 e. The molecule has 0 spiro atoms. The number of benzene rings is 1. The number of nitrogens with zero attached hydrogens (tertiary/aromatic N) is 5. The van der Waals surface area contributed by atoms with Crippen LogP contribution in [0.5, 0.6) is 0 Å². The van der Waals surface area contributed by atoms with Gasteiger partial charge < -0.3 is 14.2 Å². The van der Waals surface area contributed by atoms with Gasteiger partial charge in [-0.05, 0) is 49.9 Å². The third-order valence-corrected chi connectivity index (χ3v) is 6.83. The predicted octanol–water partition coefficient (Wildman–Crippen LogP) is 3.59. The van der Waals surface area contributed by atoms with Crippen LogP contribution < -0.4 is 9.80 Å². The molecule has 156 valence electrons. The van der Waals surface area contributed by atoms with Crippen LogP contribution in [0.4, 0.5) is 11.6 Å². The molecule has 2 aliphatic rings. The predicted molar refractivity (Wildman–Crippen MR) is 117 cm³/mol. The van der Waals surface area contributed by atoms with Crippen molar-refractivity contribution in [3.05, 3.63) is 54.0 Å². The van der Waals surface area contributed by atoms with Crippen LogP contribution >= 0.6 is 11.8 Å². The van der Waals surface area contributed by atoms with Crippen molar-refractivity contribution in [3.63, 3.8) is 0 Å². The largest absolute Gasteiger partial charge is 0.467 e. The Balaban J connectivity index is 1.38. The molecular formula is C22H25N5O2S. The first-order valence-corrected chi connectivity index (χ1v) is 11.3. The van der Waals surface area contributed by atoms with E-state index in [1.54, 1.807) is 6.26 Å². The van der Waals surface area contributed by atoms with E-state index in [1.165, 1.54) is 30.2 Å². The molecule has 3 aromatic rings. The van der Waals surface area contributed by atoms with Crippen molar-refractivity contribution in [2.75, 3.05) is 29.4 Å². The lowest BCUT2D eigenvalue weighted by Gasteiger charge is -2.22. The number of carbonyl (C=O) groups excluding carboxylic acids is 1. The van der Waals surface area contributed by atoms with Gasteiger partial charge in [0.25, 0.3) is 0 Å². The summed E-state index contributed by atoms with van der Waals surface area (Å²) >= 11 is 1.47. The summed E-state index contributed by atoms with van der Waals surface area (Å²) in [4.78, 5) is 17.4. The van der Waals surface area contributed by atoms with Crippen molar-refractivity contribution in [2.24, 2.45) is 0 Å². The average molecular weight is 424 g/mol. The van der Waals surface area contributed by atoms with Gasteiger partial charge in [-0.15, -0.1) is 10.2 Å². The van der Waals surface area contributed by atoms with Crippen molar-refractivity contribution in [2.45, 2.75) is 43.1 Å². The minimum absolute atomic E-state index is 0.111. The van der Waals surface area contributed by atoms with Crippen molar-refractivity contribution < 1.29 is 9.21 Å². The van der Waals surface area contributed by atoms with Crippen LogP contribution in [-0.4, -0.2) is 45.6 Å². The molecule has 2 aliphatic heterocycles. The van der Waals surface area contributed by atoms with E-state index in [-0.39, 0.29) is 11.2 Å². The van der Waals surface area contributed by atoms with E-state index in [0.29, 0.717) is 6.54 Å². The Bertz CT molecular complexity index is 1030. The zero-order valence-corrected chi connectivity index (χ0v) is 17.8. The molecule has 1 saturated heterocycles. The molecule has 0 unspecified atom stereocenters. The monoisotopic (exact) mass is 423 g/mol. The van der Waals surface area contributed by atoms with Gasteiger partial charge in [0.2, 0.25) is 11.9 Å². The highest BCUT2D eigenvalue weighted by Gasteiger charge is 2.30. The van der Waals surface area contributed by atoms with E-state index >= 15 is 0 Å². The van der Waals surface area contributed by atoms with Gasteiger partial charge in [-0.1, -0.05) is 30.0 Å². The second kappa shape index (κ2) is 8.18. The molecule has 0 N–H and O–H groups in total. The molecule has 1 atom stereocenters. The van der Waals surface area contributed by atoms with E-state index < -0.39 is 0 Å². The maximum absolute atomic E-state index is 13.2. The molecule has 30 heavy (non-hydrogen) atoms. The summed E-state index contributed by atoms with van der Waals surface area (Å²) in [6.07, 6.45) is 4.92. The number of amides is 1. The Morgan fingerprint density at radius 3 is 2.77 bits per heavy atom. The summed E-state index contributed by atoms with van der Waals surface area (Å²) < 4.78 is 7.65. The molecule has 4 heterocycles. The normalized spacial score (nSPS) is 16.8. The third-order valence-electron chi connectivity index (χ3n) is 5.76. The zero-order valence-electron chi connectivity index (χ0n) is 17.0. The van der Waals surface area contributed by atoms with Crippen LogP contribution in [-0.2, 0) is 17.8 Å². The van der Waals surface area contributed by atoms with Crippen LogP contribution in [0.1, 0.15) is 31.1 Å². The average Bonchev–Trinajstić information content (AvgIpc) is 3.55. The summed E-state index contributed by atoms with van der Waals surface area (Å²) in [5.74, 6) is 1.82. The van der Waals surface area contributed by atoms with Gasteiger partial charge in [0, 0.05) is 25.3 Å². The fraction of sp³-hybridized carbons (Fsp3) is 0.409. The fourth-order valence-corrected chi connectivity index (χ4v) is 5.12. The van der Waals surface area contributed by atoms with E-state index in [1.807, 2.05) is 42.2 Å². The lowest BCUT2D eigenvalue weighted by molar-refractivity contribution is -0.117. The number of para-hydroxylation sites is 1. The van der Waals surface area contributed by atoms with Crippen LogP contribution in [0.25, 0.3) is 0 Å². The highest BCUT2D eigenvalue weighted by Crippen LogP contribution is 2.33. The first-order chi connectivity index (χ1) is 14.7. The molecule has 1 fully saturated rings. The number of hydrogen-bond acceptors (Lipinski definition) is 6. The quantitative estimate of drug-likeness (QED) is 0.565. The molecule has 1 amide bonds. The standard InChI is InChI=1S/C22H25N5O2S/c1-16(20(28)26-13-10-17-7-2-3-9-19(17)26)30-22-24-23-21(25-11-4-5-12-25)27(22)15-18-8-6-14-29-18/h2-3,6-9,14,16H,4-5,10-13,15H2,1H3/t16-/m1/s1. The number of rotatable bonds is 6. The Labute approximate surface area is 180 Å². The highest BCUT2D eigenvalue weighted by molar-refractivity contribution is 8.00. The second-order valence-electron chi connectivity index (χ2n) is 7.77. The summed E-state index contributed by atoms with van der Waals surface area (Å²) in [7, 11) is 0. The number of anilines is 2. The lowest BCUT2D eigenvalue weighted by Crippen LogP contribution is -2.35. The molecule has 7 nitrogen and oxygen atoms in total. The van der Waals surface area contributed by atoms with Crippen LogP contribution in [0.2, 0.25) is 0 Å². The minimum atomic E-state index is -0.262. The van der Waals surface area contributed by atoms with Gasteiger partial charge in [0.1, 0.15) is 5.76 Å². The van der Waals surface area contributed by atoms with Crippen LogP contribution in [0.15, 0.2) is 52.2 Å². The summed E-state index contributed by atoms with van der Waals surface area (Å²) in [5.41, 5.74) is 2.27. The molecule has 1 aromatic carbocycles. The molecule has 5 rings (SSSR count). The summed E-state index contributed by atoms with van der Waals surface area (Å²) in [5, 5.41) is 9.42. The molecule has 0 radical (unpaired) electrons. The Kier molecular flexibility index (Phi) is 5.25. The van der Waals surface area contributed by atoms with Crippen molar-refractivity contribution in [3.8, 4) is 0 Å².